The zero-order valence-electron chi connectivity index (χ0n) is 14.6. The van der Waals surface area contributed by atoms with Gasteiger partial charge in [-0.1, -0.05) is 13.8 Å². The number of imide groups is 1. The Labute approximate surface area is 147 Å². The van der Waals surface area contributed by atoms with Gasteiger partial charge in [0.15, 0.2) is 0 Å². The lowest BCUT2D eigenvalue weighted by Crippen LogP contribution is -2.43. The number of nitrogens with one attached hydrogen (secondary N) is 2. The molecule has 0 saturated carbocycles. The number of rotatable bonds is 9. The zero-order chi connectivity index (χ0) is 17.9. The van der Waals surface area contributed by atoms with Crippen molar-refractivity contribution in [3.63, 3.8) is 0 Å². The first-order chi connectivity index (χ1) is 11.4. The number of urea groups is 1. The van der Waals surface area contributed by atoms with Gasteiger partial charge < -0.3 is 14.8 Å². The third-order valence-corrected chi connectivity index (χ3v) is 4.17. The fraction of sp³-hybridized carbons (Fsp3) is 0.529. The summed E-state index contributed by atoms with van der Waals surface area (Å²) in [4.78, 5) is 23.4. The maximum Gasteiger partial charge on any atom is 0.321 e. The minimum Gasteiger partial charge on any atom is -0.497 e. The second kappa shape index (κ2) is 10.8. The van der Waals surface area contributed by atoms with E-state index < -0.39 is 6.03 Å². The van der Waals surface area contributed by atoms with Crippen LogP contribution in [0.3, 0.4) is 0 Å². The molecule has 0 spiro atoms. The Balaban J connectivity index is 2.21. The summed E-state index contributed by atoms with van der Waals surface area (Å²) in [7, 11) is 1.61. The van der Waals surface area contributed by atoms with Crippen LogP contribution >= 0.6 is 11.8 Å². The molecule has 0 radical (unpaired) electrons. The van der Waals surface area contributed by atoms with Gasteiger partial charge in [0.2, 0.25) is 5.91 Å². The summed E-state index contributed by atoms with van der Waals surface area (Å²) in [5.41, 5.74) is 0. The highest BCUT2D eigenvalue weighted by atomic mass is 32.2. The van der Waals surface area contributed by atoms with E-state index in [0.29, 0.717) is 24.8 Å². The molecule has 1 rings (SSSR count). The van der Waals surface area contributed by atoms with Crippen molar-refractivity contribution in [2.45, 2.75) is 26.0 Å². The van der Waals surface area contributed by atoms with E-state index in [1.54, 1.807) is 14.0 Å². The molecule has 0 fully saturated rings. The molecular weight excluding hydrogens is 328 g/mol. The minimum absolute atomic E-state index is 0.300. The minimum atomic E-state index is -0.448. The van der Waals surface area contributed by atoms with Crippen LogP contribution in [0.15, 0.2) is 24.3 Å². The van der Waals surface area contributed by atoms with E-state index in [1.165, 1.54) is 11.8 Å². The topological polar surface area (TPSA) is 76.7 Å². The van der Waals surface area contributed by atoms with Crippen LogP contribution in [0.25, 0.3) is 0 Å². The Morgan fingerprint density at radius 1 is 1.12 bits per heavy atom. The Kier molecular flexibility index (Phi) is 9.07. The summed E-state index contributed by atoms with van der Waals surface area (Å²) >= 11 is 1.44. The largest absolute Gasteiger partial charge is 0.497 e. The normalized spacial score (nSPS) is 11.7. The summed E-state index contributed by atoms with van der Waals surface area (Å²) in [6.07, 6.45) is 0. The van der Waals surface area contributed by atoms with Crippen molar-refractivity contribution < 1.29 is 19.1 Å². The Morgan fingerprint density at radius 2 is 1.75 bits per heavy atom. The third kappa shape index (κ3) is 8.10. The van der Waals surface area contributed by atoms with Gasteiger partial charge in [0, 0.05) is 12.3 Å². The summed E-state index contributed by atoms with van der Waals surface area (Å²) < 4.78 is 10.7. The van der Waals surface area contributed by atoms with Gasteiger partial charge in [-0.05, 0) is 37.1 Å². The number of hydrogen-bond acceptors (Lipinski definition) is 5. The van der Waals surface area contributed by atoms with Crippen molar-refractivity contribution in [2.75, 3.05) is 26.0 Å². The van der Waals surface area contributed by atoms with Crippen LogP contribution in [0.1, 0.15) is 20.8 Å². The van der Waals surface area contributed by atoms with Gasteiger partial charge in [-0.2, -0.15) is 0 Å². The average Bonchev–Trinajstić information content (AvgIpc) is 2.57. The van der Waals surface area contributed by atoms with Crippen molar-refractivity contribution in [2.24, 2.45) is 5.92 Å². The molecule has 1 aromatic rings. The molecule has 1 atom stereocenters. The van der Waals surface area contributed by atoms with Gasteiger partial charge in [0.25, 0.3) is 0 Å². The first kappa shape index (κ1) is 20.2. The highest BCUT2D eigenvalue weighted by Gasteiger charge is 2.16. The average molecular weight is 354 g/mol. The lowest BCUT2D eigenvalue weighted by molar-refractivity contribution is -0.119. The molecule has 0 aromatic heterocycles. The first-order valence-electron chi connectivity index (χ1n) is 7.89. The smallest absolute Gasteiger partial charge is 0.321 e. The van der Waals surface area contributed by atoms with Gasteiger partial charge >= 0.3 is 6.03 Å². The maximum atomic E-state index is 11.9. The summed E-state index contributed by atoms with van der Waals surface area (Å²) in [5, 5.41) is 4.67. The Hall–Kier alpha value is -1.89. The van der Waals surface area contributed by atoms with Crippen molar-refractivity contribution in [3.05, 3.63) is 24.3 Å². The molecule has 24 heavy (non-hydrogen) atoms. The number of hydrogen-bond donors (Lipinski definition) is 2. The van der Waals surface area contributed by atoms with Crippen LogP contribution in [0, 0.1) is 5.92 Å². The number of carbonyl (C=O) groups is 2. The van der Waals surface area contributed by atoms with Crippen molar-refractivity contribution in [3.8, 4) is 11.5 Å². The lowest BCUT2D eigenvalue weighted by atomic mass is 10.2. The number of amides is 3. The highest BCUT2D eigenvalue weighted by Crippen LogP contribution is 2.17. The molecule has 2 N–H and O–H groups in total. The van der Waals surface area contributed by atoms with Crippen molar-refractivity contribution in [1.29, 1.82) is 0 Å². The fourth-order valence-electron chi connectivity index (χ4n) is 1.69. The van der Waals surface area contributed by atoms with Crippen molar-refractivity contribution >= 4 is 23.7 Å². The van der Waals surface area contributed by atoms with Gasteiger partial charge in [-0.3, -0.25) is 10.1 Å². The molecule has 0 aliphatic heterocycles. The van der Waals surface area contributed by atoms with Gasteiger partial charge in [0.05, 0.1) is 19.0 Å². The number of thioether (sulfide) groups is 1. The van der Waals surface area contributed by atoms with Gasteiger partial charge in [0.1, 0.15) is 11.5 Å². The van der Waals surface area contributed by atoms with E-state index in [0.717, 1.165) is 11.5 Å². The van der Waals surface area contributed by atoms with E-state index >= 15 is 0 Å². The van der Waals surface area contributed by atoms with E-state index in [2.05, 4.69) is 10.6 Å². The van der Waals surface area contributed by atoms with Gasteiger partial charge in [-0.25, -0.2) is 4.79 Å². The molecule has 0 aliphatic rings. The fourth-order valence-corrected chi connectivity index (χ4v) is 2.43. The second-order valence-electron chi connectivity index (χ2n) is 5.63. The van der Waals surface area contributed by atoms with E-state index in [1.807, 2.05) is 38.1 Å². The zero-order valence-corrected chi connectivity index (χ0v) is 15.4. The summed E-state index contributed by atoms with van der Waals surface area (Å²) in [6.45, 7) is 6.76. The molecular formula is C17H26N2O4S. The monoisotopic (exact) mass is 354 g/mol. The van der Waals surface area contributed by atoms with E-state index in [9.17, 15) is 9.59 Å². The van der Waals surface area contributed by atoms with Crippen LogP contribution in [0.5, 0.6) is 11.5 Å². The summed E-state index contributed by atoms with van der Waals surface area (Å²) in [6, 6.07) is 6.87. The predicted molar refractivity (Wildman–Crippen MR) is 96.8 cm³/mol. The van der Waals surface area contributed by atoms with Crippen LogP contribution in [0.4, 0.5) is 4.79 Å². The molecule has 134 valence electrons. The van der Waals surface area contributed by atoms with Crippen molar-refractivity contribution in [1.82, 2.24) is 10.6 Å². The number of methoxy groups -OCH3 is 1. The number of benzene rings is 1. The first-order valence-corrected chi connectivity index (χ1v) is 8.94. The number of ether oxygens (including phenoxy) is 2. The predicted octanol–water partition coefficient (Wildman–Crippen LogP) is 2.68. The third-order valence-electron chi connectivity index (χ3n) is 3.06. The Morgan fingerprint density at radius 3 is 2.33 bits per heavy atom. The molecule has 0 saturated heterocycles. The summed E-state index contributed by atoms with van der Waals surface area (Å²) in [5.74, 6) is 2.21. The van der Waals surface area contributed by atoms with E-state index in [-0.39, 0.29) is 11.2 Å². The molecule has 1 aromatic carbocycles. The van der Waals surface area contributed by atoms with Crippen LogP contribution in [-0.4, -0.2) is 43.2 Å². The maximum absolute atomic E-state index is 11.9. The molecule has 7 heteroatoms. The lowest BCUT2D eigenvalue weighted by Gasteiger charge is -2.13. The van der Waals surface area contributed by atoms with Crippen LogP contribution < -0.4 is 20.1 Å². The quantitative estimate of drug-likeness (QED) is 0.667. The molecule has 0 bridgehead atoms. The molecule has 0 aliphatic carbocycles. The molecule has 1 unspecified atom stereocenters. The molecule has 0 heterocycles. The second-order valence-corrected chi connectivity index (χ2v) is 7.08. The van der Waals surface area contributed by atoms with Crippen LogP contribution in [-0.2, 0) is 4.79 Å². The molecule has 3 amide bonds. The highest BCUT2D eigenvalue weighted by molar-refractivity contribution is 8.00. The standard InChI is InChI=1S/C17H26N2O4S/c1-12(2)11-18-17(21)19-16(20)13(3)24-10-9-23-15-7-5-14(22-4)6-8-15/h5-8,12-13H,9-11H2,1-4H3,(H2,18,19,20,21). The molecule has 6 nitrogen and oxygen atoms in total. The SMILES string of the molecule is COc1ccc(OCCSC(C)C(=O)NC(=O)NCC(C)C)cc1. The van der Waals surface area contributed by atoms with Crippen LogP contribution in [0.2, 0.25) is 0 Å². The van der Waals surface area contributed by atoms with Gasteiger partial charge in [-0.15, -0.1) is 11.8 Å². The Bertz CT molecular complexity index is 520. The van der Waals surface area contributed by atoms with E-state index in [4.69, 9.17) is 9.47 Å². The number of carbonyl (C=O) groups excluding carboxylic acids is 2.